The Balaban J connectivity index is 2.35. The Morgan fingerprint density at radius 2 is 2.22 bits per heavy atom. The van der Waals surface area contributed by atoms with Crippen LogP contribution in [-0.4, -0.2) is 32.1 Å². The van der Waals surface area contributed by atoms with Gasteiger partial charge >= 0.3 is 0 Å². The maximum absolute atomic E-state index is 5.53. The van der Waals surface area contributed by atoms with E-state index in [1.165, 1.54) is 16.7 Å². The van der Waals surface area contributed by atoms with E-state index in [-0.39, 0.29) is 0 Å². The molecule has 0 spiro atoms. The number of ether oxygens (including phenoxy) is 1. The molecular weight excluding hydrogens is 224 g/mol. The summed E-state index contributed by atoms with van der Waals surface area (Å²) in [6.45, 7) is 7.40. The zero-order valence-electron chi connectivity index (χ0n) is 11.9. The third-order valence-corrected chi connectivity index (χ3v) is 3.95. The van der Waals surface area contributed by atoms with E-state index in [9.17, 15) is 0 Å². The lowest BCUT2D eigenvalue weighted by Crippen LogP contribution is -2.30. The minimum absolute atomic E-state index is 0.482. The standard InChI is InChI=1S/C15H24N2O/c1-5-16-10-13-8-12-6-7-17(3)11(2)14(12)9-15(13)18-4/h8-9,11,16H,5-7,10H2,1-4H3. The first-order valence-electron chi connectivity index (χ1n) is 6.78. The first kappa shape index (κ1) is 13.4. The van der Waals surface area contributed by atoms with E-state index < -0.39 is 0 Å². The minimum atomic E-state index is 0.482. The third kappa shape index (κ3) is 2.52. The van der Waals surface area contributed by atoms with Gasteiger partial charge in [-0.05, 0) is 44.1 Å². The summed E-state index contributed by atoms with van der Waals surface area (Å²) in [6, 6.07) is 5.03. The molecule has 2 rings (SSSR count). The van der Waals surface area contributed by atoms with Crippen LogP contribution in [0.15, 0.2) is 12.1 Å². The van der Waals surface area contributed by atoms with Crippen molar-refractivity contribution in [3.63, 3.8) is 0 Å². The fraction of sp³-hybridized carbons (Fsp3) is 0.600. The molecule has 1 N–H and O–H groups in total. The summed E-state index contributed by atoms with van der Waals surface area (Å²) in [5.74, 6) is 1.01. The van der Waals surface area contributed by atoms with Gasteiger partial charge in [-0.2, -0.15) is 0 Å². The Hall–Kier alpha value is -1.06. The van der Waals surface area contributed by atoms with Gasteiger partial charge in [-0.1, -0.05) is 13.0 Å². The van der Waals surface area contributed by atoms with Crippen LogP contribution in [0.25, 0.3) is 0 Å². The van der Waals surface area contributed by atoms with Gasteiger partial charge in [0.05, 0.1) is 7.11 Å². The Labute approximate surface area is 110 Å². The lowest BCUT2D eigenvalue weighted by Gasteiger charge is -2.33. The molecule has 0 aliphatic carbocycles. The maximum atomic E-state index is 5.53. The predicted octanol–water partition coefficient (Wildman–Crippen LogP) is 2.35. The summed E-state index contributed by atoms with van der Waals surface area (Å²) in [5, 5.41) is 3.38. The molecule has 1 aromatic rings. The predicted molar refractivity (Wildman–Crippen MR) is 75.1 cm³/mol. The van der Waals surface area contributed by atoms with Crippen LogP contribution in [0.2, 0.25) is 0 Å². The van der Waals surface area contributed by atoms with Gasteiger partial charge in [-0.3, -0.25) is 4.90 Å². The monoisotopic (exact) mass is 248 g/mol. The number of nitrogens with zero attached hydrogens (tertiary/aromatic N) is 1. The molecule has 0 saturated heterocycles. The lowest BCUT2D eigenvalue weighted by atomic mass is 9.91. The maximum Gasteiger partial charge on any atom is 0.123 e. The zero-order valence-corrected chi connectivity index (χ0v) is 11.9. The van der Waals surface area contributed by atoms with Crippen LogP contribution in [0, 0.1) is 0 Å². The second kappa shape index (κ2) is 5.72. The molecule has 1 heterocycles. The molecule has 1 aliphatic rings. The van der Waals surface area contributed by atoms with Crippen molar-refractivity contribution >= 4 is 0 Å². The van der Waals surface area contributed by atoms with Crippen molar-refractivity contribution in [2.24, 2.45) is 0 Å². The Kier molecular flexibility index (Phi) is 4.25. The summed E-state index contributed by atoms with van der Waals surface area (Å²) >= 11 is 0. The summed E-state index contributed by atoms with van der Waals surface area (Å²) in [7, 11) is 3.95. The molecule has 0 amide bonds. The molecule has 100 valence electrons. The topological polar surface area (TPSA) is 24.5 Å². The fourth-order valence-electron chi connectivity index (χ4n) is 2.61. The summed E-state index contributed by atoms with van der Waals surface area (Å²) in [4.78, 5) is 2.39. The van der Waals surface area contributed by atoms with Crippen molar-refractivity contribution in [1.29, 1.82) is 0 Å². The fourth-order valence-corrected chi connectivity index (χ4v) is 2.61. The van der Waals surface area contributed by atoms with Crippen LogP contribution in [0.3, 0.4) is 0 Å². The minimum Gasteiger partial charge on any atom is -0.496 e. The van der Waals surface area contributed by atoms with Gasteiger partial charge in [0.25, 0.3) is 0 Å². The van der Waals surface area contributed by atoms with Crippen LogP contribution in [0.1, 0.15) is 36.6 Å². The largest absolute Gasteiger partial charge is 0.496 e. The quantitative estimate of drug-likeness (QED) is 0.885. The Bertz CT molecular complexity index is 417. The summed E-state index contributed by atoms with van der Waals surface area (Å²) < 4.78 is 5.53. The van der Waals surface area contributed by atoms with E-state index in [2.05, 4.69) is 43.2 Å². The number of methoxy groups -OCH3 is 1. The van der Waals surface area contributed by atoms with Gasteiger partial charge in [0.15, 0.2) is 0 Å². The zero-order chi connectivity index (χ0) is 13.1. The van der Waals surface area contributed by atoms with Gasteiger partial charge in [0, 0.05) is 24.7 Å². The average molecular weight is 248 g/mol. The molecule has 1 aliphatic heterocycles. The molecule has 0 fully saturated rings. The lowest BCUT2D eigenvalue weighted by molar-refractivity contribution is 0.246. The van der Waals surface area contributed by atoms with Crippen molar-refractivity contribution in [2.45, 2.75) is 32.9 Å². The van der Waals surface area contributed by atoms with E-state index >= 15 is 0 Å². The molecule has 1 unspecified atom stereocenters. The van der Waals surface area contributed by atoms with Gasteiger partial charge in [-0.25, -0.2) is 0 Å². The van der Waals surface area contributed by atoms with E-state index in [0.717, 1.165) is 31.8 Å². The second-order valence-corrected chi connectivity index (χ2v) is 5.05. The number of hydrogen-bond acceptors (Lipinski definition) is 3. The van der Waals surface area contributed by atoms with Crippen LogP contribution in [-0.2, 0) is 13.0 Å². The highest BCUT2D eigenvalue weighted by Gasteiger charge is 2.22. The molecule has 0 saturated carbocycles. The molecule has 1 aromatic carbocycles. The van der Waals surface area contributed by atoms with Crippen molar-refractivity contribution in [1.82, 2.24) is 10.2 Å². The SMILES string of the molecule is CCNCc1cc2c(cc1OC)C(C)N(C)CC2. The molecule has 0 radical (unpaired) electrons. The van der Waals surface area contributed by atoms with E-state index in [4.69, 9.17) is 4.74 Å². The van der Waals surface area contributed by atoms with Crippen molar-refractivity contribution in [3.05, 3.63) is 28.8 Å². The normalized spacial score (nSPS) is 19.7. The Morgan fingerprint density at radius 3 is 2.89 bits per heavy atom. The summed E-state index contributed by atoms with van der Waals surface area (Å²) in [5.41, 5.74) is 4.17. The molecule has 0 bridgehead atoms. The van der Waals surface area contributed by atoms with Crippen molar-refractivity contribution in [3.8, 4) is 5.75 Å². The number of fused-ring (bicyclic) bond motifs is 1. The van der Waals surface area contributed by atoms with Crippen LogP contribution >= 0.6 is 0 Å². The Morgan fingerprint density at radius 1 is 1.44 bits per heavy atom. The molecule has 18 heavy (non-hydrogen) atoms. The molecular formula is C15H24N2O. The highest BCUT2D eigenvalue weighted by atomic mass is 16.5. The van der Waals surface area contributed by atoms with Crippen LogP contribution in [0.4, 0.5) is 0 Å². The van der Waals surface area contributed by atoms with Crippen LogP contribution < -0.4 is 10.1 Å². The van der Waals surface area contributed by atoms with E-state index in [1.54, 1.807) is 7.11 Å². The van der Waals surface area contributed by atoms with Crippen molar-refractivity contribution in [2.75, 3.05) is 27.2 Å². The van der Waals surface area contributed by atoms with Gasteiger partial charge in [0.2, 0.25) is 0 Å². The summed E-state index contributed by atoms with van der Waals surface area (Å²) in [6.07, 6.45) is 1.14. The van der Waals surface area contributed by atoms with E-state index in [0.29, 0.717) is 6.04 Å². The average Bonchev–Trinajstić information content (AvgIpc) is 2.40. The number of hydrogen-bond donors (Lipinski definition) is 1. The first-order chi connectivity index (χ1) is 8.67. The number of benzene rings is 1. The van der Waals surface area contributed by atoms with E-state index in [1.807, 2.05) is 0 Å². The number of nitrogens with one attached hydrogen (secondary N) is 1. The third-order valence-electron chi connectivity index (χ3n) is 3.95. The smallest absolute Gasteiger partial charge is 0.123 e. The highest BCUT2D eigenvalue weighted by molar-refractivity contribution is 5.45. The number of likely N-dealkylation sites (N-methyl/N-ethyl adjacent to an activating group) is 1. The molecule has 3 nitrogen and oxygen atoms in total. The highest BCUT2D eigenvalue weighted by Crippen LogP contribution is 2.33. The second-order valence-electron chi connectivity index (χ2n) is 5.05. The molecule has 1 atom stereocenters. The molecule has 3 heteroatoms. The van der Waals surface area contributed by atoms with Crippen LogP contribution in [0.5, 0.6) is 5.75 Å². The first-order valence-corrected chi connectivity index (χ1v) is 6.78. The van der Waals surface area contributed by atoms with Crippen molar-refractivity contribution < 1.29 is 4.74 Å². The molecule has 0 aromatic heterocycles. The van der Waals surface area contributed by atoms with Gasteiger partial charge in [-0.15, -0.1) is 0 Å². The van der Waals surface area contributed by atoms with Gasteiger partial charge < -0.3 is 10.1 Å². The van der Waals surface area contributed by atoms with Gasteiger partial charge in [0.1, 0.15) is 5.75 Å². The number of rotatable bonds is 4.